The highest BCUT2D eigenvalue weighted by Gasteiger charge is 2.51. The number of ether oxygens (including phenoxy) is 3. The minimum Gasteiger partial charge on any atom is -0.480 e. The van der Waals surface area contributed by atoms with Crippen LogP contribution in [0, 0.1) is 63.1 Å². The van der Waals surface area contributed by atoms with Crippen molar-refractivity contribution in [2.45, 2.75) is 212 Å². The summed E-state index contributed by atoms with van der Waals surface area (Å²) in [7, 11) is 0. The van der Waals surface area contributed by atoms with E-state index in [1.807, 2.05) is 34.6 Å². The van der Waals surface area contributed by atoms with Gasteiger partial charge in [-0.15, -0.1) is 23.5 Å². The number of nitrogens with zero attached hydrogens (tertiary/aromatic N) is 1. The first-order valence-electron chi connectivity index (χ1n) is 28.4. The van der Waals surface area contributed by atoms with Gasteiger partial charge in [0.2, 0.25) is 11.8 Å². The highest BCUT2D eigenvalue weighted by molar-refractivity contribution is 8.00. The van der Waals surface area contributed by atoms with Gasteiger partial charge in [0.05, 0.1) is 10.9 Å². The van der Waals surface area contributed by atoms with Crippen LogP contribution in [0.4, 0.5) is 5.82 Å². The van der Waals surface area contributed by atoms with Gasteiger partial charge in [0, 0.05) is 35.8 Å². The number of aliphatic carboxylic acids is 1. The average Bonchev–Trinajstić information content (AvgIpc) is 3.84. The van der Waals surface area contributed by atoms with Gasteiger partial charge >= 0.3 is 17.9 Å². The minimum atomic E-state index is -1.13. The Morgan fingerprint density at radius 2 is 1.22 bits per heavy atom. The van der Waals surface area contributed by atoms with E-state index in [-0.39, 0.29) is 105 Å². The summed E-state index contributed by atoms with van der Waals surface area (Å²) < 4.78 is 18.5. The van der Waals surface area contributed by atoms with E-state index in [9.17, 15) is 24.3 Å². The number of aromatic amines is 1. The molecule has 1 aromatic heterocycles. The van der Waals surface area contributed by atoms with Crippen molar-refractivity contribution in [2.24, 2.45) is 68.1 Å². The fourth-order valence-electron chi connectivity index (χ4n) is 11.8. The third-order valence-electron chi connectivity index (χ3n) is 16.0. The van der Waals surface area contributed by atoms with Crippen LogP contribution < -0.4 is 10.6 Å². The van der Waals surface area contributed by atoms with Crippen molar-refractivity contribution in [3.8, 4) is 0 Å². The molecule has 2 aliphatic carbocycles. The highest BCUT2D eigenvalue weighted by Crippen LogP contribution is 2.52. The number of hydrogen-bond acceptors (Lipinski definition) is 12. The van der Waals surface area contributed by atoms with Crippen molar-refractivity contribution in [1.82, 2.24) is 10.3 Å². The van der Waals surface area contributed by atoms with Crippen molar-refractivity contribution in [1.29, 1.82) is 0 Å². The van der Waals surface area contributed by atoms with Gasteiger partial charge in [0.15, 0.2) is 0 Å². The molecule has 0 aromatic carbocycles. The van der Waals surface area contributed by atoms with Gasteiger partial charge in [-0.25, -0.2) is 14.6 Å². The van der Waals surface area contributed by atoms with Crippen LogP contribution in [0.5, 0.6) is 0 Å². The molecule has 1 aromatic rings. The molecule has 2 fully saturated rings. The predicted molar refractivity (Wildman–Crippen MR) is 314 cm³/mol. The molecule has 2 heterocycles. The van der Waals surface area contributed by atoms with E-state index >= 15 is 9.59 Å². The molecule has 6 atom stereocenters. The Kier molecular flexibility index (Phi) is 22.9. The molecule has 4 rings (SSSR count). The van der Waals surface area contributed by atoms with Gasteiger partial charge in [-0.1, -0.05) is 132 Å². The van der Waals surface area contributed by atoms with Crippen LogP contribution in [-0.2, 0) is 38.2 Å². The van der Waals surface area contributed by atoms with E-state index in [1.54, 1.807) is 6.08 Å². The number of amides is 2. The monoisotopic (exact) mass is 1110 g/mol. The van der Waals surface area contributed by atoms with E-state index in [4.69, 9.17) is 19.2 Å². The SMILES string of the molecule is CCCSC(C)C(=O)NC1=NC(=Cc2[nH]c(NC(=O)CCCSC(COC=O)C(=O)O)c(C(=O)OC3C(C(C)(C)C)CC(C)CC3C(C)(C)C)c2C(C)C)C(C(C)C)=C1C(=O)OC1C(C(C)(C)C)CC(C)CC1C(C)(C)C. The second-order valence-corrected chi connectivity index (χ2v) is 30.1. The van der Waals surface area contributed by atoms with Gasteiger partial charge in [-0.3, -0.25) is 19.2 Å². The zero-order valence-corrected chi connectivity index (χ0v) is 52.2. The summed E-state index contributed by atoms with van der Waals surface area (Å²) in [6.07, 6.45) is 5.73. The van der Waals surface area contributed by atoms with Gasteiger partial charge in [-0.2, -0.15) is 0 Å². The Hall–Kier alpha value is -4.05. The highest BCUT2D eigenvalue weighted by atomic mass is 32.2. The Labute approximate surface area is 470 Å². The second kappa shape index (κ2) is 26.9. The lowest BCUT2D eigenvalue weighted by atomic mass is 9.59. The lowest BCUT2D eigenvalue weighted by Crippen LogP contribution is -2.50. The molecule has 434 valence electrons. The first-order valence-corrected chi connectivity index (χ1v) is 30.5. The fourth-order valence-corrected chi connectivity index (χ4v) is 13.6. The molecule has 14 nitrogen and oxygen atoms in total. The molecule has 2 saturated carbocycles. The number of H-pyrrole nitrogens is 1. The van der Waals surface area contributed by atoms with E-state index in [2.05, 4.69) is 119 Å². The van der Waals surface area contributed by atoms with Crippen LogP contribution in [0.3, 0.4) is 0 Å². The van der Waals surface area contributed by atoms with Crippen LogP contribution in [0.2, 0.25) is 0 Å². The number of allylic oxidation sites excluding steroid dienone is 1. The molecule has 1 aliphatic heterocycles. The third-order valence-corrected chi connectivity index (χ3v) is 18.6. The van der Waals surface area contributed by atoms with Crippen LogP contribution in [0.1, 0.15) is 211 Å². The van der Waals surface area contributed by atoms with Gasteiger partial charge in [0.25, 0.3) is 6.47 Å². The van der Waals surface area contributed by atoms with Crippen LogP contribution in [0.15, 0.2) is 21.8 Å². The lowest BCUT2D eigenvalue weighted by molar-refractivity contribution is -0.164. The number of anilines is 1. The number of amidine groups is 1. The topological polar surface area (TPSA) is 203 Å². The Bertz CT molecular complexity index is 2310. The maximum Gasteiger partial charge on any atom is 0.342 e. The molecule has 2 amide bonds. The molecule has 0 bridgehead atoms. The number of thioether (sulfide) groups is 2. The molecular weight excluding hydrogens is 1010 g/mol. The fraction of sp³-hybridized carbons (Fsp3) is 0.754. The van der Waals surface area contributed by atoms with Crippen molar-refractivity contribution in [3.05, 3.63) is 33.7 Å². The first-order chi connectivity index (χ1) is 35.5. The van der Waals surface area contributed by atoms with Crippen LogP contribution in [0.25, 0.3) is 6.08 Å². The van der Waals surface area contributed by atoms with Gasteiger partial charge in [-0.05, 0) is 119 Å². The van der Waals surface area contributed by atoms with Crippen molar-refractivity contribution in [2.75, 3.05) is 23.4 Å². The molecule has 3 aliphatic rings. The zero-order valence-electron chi connectivity index (χ0n) is 50.5. The number of esters is 2. The molecule has 0 spiro atoms. The number of nitrogens with one attached hydrogen (secondary N) is 3. The summed E-state index contributed by atoms with van der Waals surface area (Å²) in [6.45, 7) is 42.7. The smallest absolute Gasteiger partial charge is 0.342 e. The number of carboxylic acid groups (broad SMARTS) is 1. The third kappa shape index (κ3) is 17.2. The van der Waals surface area contributed by atoms with Crippen molar-refractivity contribution < 1.29 is 48.1 Å². The summed E-state index contributed by atoms with van der Waals surface area (Å²) in [4.78, 5) is 90.0. The van der Waals surface area contributed by atoms with Gasteiger partial charge in [0.1, 0.15) is 46.9 Å². The summed E-state index contributed by atoms with van der Waals surface area (Å²) in [5, 5.41) is 14.3. The molecule has 6 unspecified atom stereocenters. The Morgan fingerprint density at radius 1 is 0.727 bits per heavy atom. The largest absolute Gasteiger partial charge is 0.480 e. The molecule has 4 N–H and O–H groups in total. The normalized spacial score (nSPS) is 24.9. The van der Waals surface area contributed by atoms with Crippen molar-refractivity contribution >= 4 is 77.4 Å². The zero-order chi connectivity index (χ0) is 58.3. The average molecular weight is 1110 g/mol. The number of hydrogen-bond donors (Lipinski definition) is 4. The standard InChI is InChI=1S/C61H98N4O10S2/c1-21-24-76-37(8)54(68)65-53-49(57(72)75-51-40(60(15,16)17)28-36(7)29-41(51)61(18,19)20)47(34(4)5)43(63-53)30-42-46(33(2)3)48(52(62-42)64-45(67)23-22-25-77-44(55(69)70)31-73-32-66)56(71)74-50-38(58(9,10)11)26-35(6)27-39(50)59(12,13)14/h30,32-41,44,50-51,62H,21-29,31H2,1-20H3,(H,64,67)(H,69,70)(H,63,65,68). The molecule has 77 heavy (non-hydrogen) atoms. The molecular formula is C61H98N4O10S2. The number of carbonyl (C=O) groups excluding carboxylic acids is 5. The summed E-state index contributed by atoms with van der Waals surface area (Å²) in [5.41, 5.74) is 1.69. The second-order valence-electron chi connectivity index (χ2n) is 27.4. The molecule has 0 radical (unpaired) electrons. The van der Waals surface area contributed by atoms with E-state index in [0.717, 1.165) is 49.6 Å². The predicted octanol–water partition coefficient (Wildman–Crippen LogP) is 13.5. The number of aliphatic imine (C=N–C) groups is 1. The van der Waals surface area contributed by atoms with E-state index in [0.29, 0.717) is 46.5 Å². The Balaban J connectivity index is 1.97. The van der Waals surface area contributed by atoms with E-state index < -0.39 is 46.5 Å². The number of carboxylic acids is 1. The van der Waals surface area contributed by atoms with Crippen LogP contribution >= 0.6 is 23.5 Å². The van der Waals surface area contributed by atoms with Gasteiger partial charge < -0.3 is 34.9 Å². The maximum absolute atomic E-state index is 15.4. The van der Waals surface area contributed by atoms with E-state index in [1.165, 1.54) is 11.8 Å². The number of aromatic nitrogens is 1. The summed E-state index contributed by atoms with van der Waals surface area (Å²) >= 11 is 2.60. The molecule has 0 saturated heterocycles. The number of carbonyl (C=O) groups is 6. The quantitative estimate of drug-likeness (QED) is 0.0393. The van der Waals surface area contributed by atoms with Crippen molar-refractivity contribution in [3.63, 3.8) is 0 Å². The first kappa shape index (κ1) is 65.5. The lowest BCUT2D eigenvalue weighted by Gasteiger charge is -2.50. The summed E-state index contributed by atoms with van der Waals surface area (Å²) in [6, 6.07) is 0. The Morgan fingerprint density at radius 3 is 1.65 bits per heavy atom. The molecule has 16 heteroatoms. The number of rotatable bonds is 21. The minimum absolute atomic E-state index is 0.00635. The summed E-state index contributed by atoms with van der Waals surface area (Å²) in [5.74, 6) is -1.14. The maximum atomic E-state index is 15.4. The van der Waals surface area contributed by atoms with Crippen LogP contribution in [-0.4, -0.2) is 92.9 Å².